The summed E-state index contributed by atoms with van der Waals surface area (Å²) in [5.74, 6) is -4.25. The highest BCUT2D eigenvalue weighted by Gasteiger charge is 2.31. The molecular formula is C22H43N7O7S. The molecule has 0 fully saturated rings. The molecule has 0 aromatic heterocycles. The van der Waals surface area contributed by atoms with E-state index >= 15 is 0 Å². The van der Waals surface area contributed by atoms with Crippen molar-refractivity contribution in [3.05, 3.63) is 0 Å². The molecular weight excluding hydrogens is 506 g/mol. The van der Waals surface area contributed by atoms with Crippen LogP contribution in [-0.2, 0) is 24.0 Å². The number of thiol groups is 1. The van der Waals surface area contributed by atoms with Gasteiger partial charge in [-0.05, 0) is 51.1 Å². The zero-order valence-electron chi connectivity index (χ0n) is 21.4. The number of aliphatic carboxylic acids is 1. The Bertz CT molecular complexity index is 757. The van der Waals surface area contributed by atoms with E-state index in [1.807, 2.05) is 13.8 Å². The zero-order chi connectivity index (χ0) is 28.5. The van der Waals surface area contributed by atoms with Crippen molar-refractivity contribution in [3.8, 4) is 0 Å². The Kier molecular flexibility index (Phi) is 17.5. The number of amides is 4. The van der Waals surface area contributed by atoms with Crippen LogP contribution in [0.25, 0.3) is 0 Å². The molecule has 14 nitrogen and oxygen atoms in total. The van der Waals surface area contributed by atoms with Crippen LogP contribution in [0.2, 0.25) is 0 Å². The van der Waals surface area contributed by atoms with E-state index in [1.165, 1.54) is 0 Å². The molecule has 0 radical (unpaired) electrons. The minimum atomic E-state index is -1.54. The molecule has 15 heteroatoms. The third-order valence-corrected chi connectivity index (χ3v) is 5.71. The Balaban J connectivity index is 5.58. The maximum Gasteiger partial charge on any atom is 0.328 e. The molecule has 37 heavy (non-hydrogen) atoms. The van der Waals surface area contributed by atoms with Crippen molar-refractivity contribution in [2.45, 2.75) is 76.2 Å². The normalized spacial score (nSPS) is 15.1. The molecule has 0 aliphatic carbocycles. The van der Waals surface area contributed by atoms with Gasteiger partial charge in [0, 0.05) is 5.75 Å². The Morgan fingerprint density at radius 1 is 0.757 bits per heavy atom. The van der Waals surface area contributed by atoms with E-state index in [2.05, 4.69) is 33.9 Å². The van der Waals surface area contributed by atoms with Gasteiger partial charge in [-0.1, -0.05) is 13.8 Å². The van der Waals surface area contributed by atoms with Crippen LogP contribution in [0.5, 0.6) is 0 Å². The fourth-order valence-corrected chi connectivity index (χ4v) is 3.51. The van der Waals surface area contributed by atoms with Gasteiger partial charge in [0.2, 0.25) is 23.6 Å². The summed E-state index contributed by atoms with van der Waals surface area (Å²) in [6, 6.07) is -5.73. The fourth-order valence-electron chi connectivity index (χ4n) is 3.25. The summed E-state index contributed by atoms with van der Waals surface area (Å²) in [5.41, 5.74) is 16.6. The topological polar surface area (TPSA) is 252 Å². The van der Waals surface area contributed by atoms with Crippen LogP contribution in [0.4, 0.5) is 0 Å². The molecule has 0 spiro atoms. The van der Waals surface area contributed by atoms with Crippen molar-refractivity contribution < 1.29 is 34.2 Å². The summed E-state index contributed by atoms with van der Waals surface area (Å²) >= 11 is 4.11. The predicted molar refractivity (Wildman–Crippen MR) is 140 cm³/mol. The third kappa shape index (κ3) is 13.6. The average Bonchev–Trinajstić information content (AvgIpc) is 2.83. The Morgan fingerprint density at radius 3 is 1.76 bits per heavy atom. The van der Waals surface area contributed by atoms with Gasteiger partial charge in [-0.2, -0.15) is 12.6 Å². The second kappa shape index (κ2) is 18.7. The van der Waals surface area contributed by atoms with Crippen LogP contribution >= 0.6 is 12.6 Å². The number of nitrogens with one attached hydrogen (secondary N) is 4. The lowest BCUT2D eigenvalue weighted by Gasteiger charge is -2.26. The molecule has 4 amide bonds. The Labute approximate surface area is 222 Å². The number of carbonyl (C=O) groups is 5. The number of aliphatic hydroxyl groups is 1. The van der Waals surface area contributed by atoms with Gasteiger partial charge in [0.1, 0.15) is 24.2 Å². The Hall–Kier alpha value is -2.46. The van der Waals surface area contributed by atoms with Crippen molar-refractivity contribution in [1.82, 2.24) is 21.3 Å². The van der Waals surface area contributed by atoms with E-state index in [4.69, 9.17) is 22.3 Å². The molecule has 0 unspecified atom stereocenters. The van der Waals surface area contributed by atoms with Gasteiger partial charge >= 0.3 is 5.97 Å². The van der Waals surface area contributed by atoms with E-state index in [0.717, 1.165) is 0 Å². The number of aliphatic hydroxyl groups excluding tert-OH is 1. The number of hydrogen-bond donors (Lipinski definition) is 10. The average molecular weight is 550 g/mol. The quantitative estimate of drug-likeness (QED) is 0.0570. The number of hydrogen-bond acceptors (Lipinski definition) is 10. The number of unbranched alkanes of at least 4 members (excludes halogenated alkanes) is 1. The summed E-state index contributed by atoms with van der Waals surface area (Å²) in [6.45, 7) is 3.38. The second-order valence-corrected chi connectivity index (χ2v) is 9.41. The van der Waals surface area contributed by atoms with Gasteiger partial charge in [-0.25, -0.2) is 4.79 Å². The lowest BCUT2D eigenvalue weighted by atomic mass is 10.0. The lowest BCUT2D eigenvalue weighted by molar-refractivity contribution is -0.143. The standard InChI is InChI=1S/C22H43N7O7S/c1-12(2)9-15(27-21(34)17(11-37)29-18(31)13(25)6-8-24)20(33)26-14(5-3-4-7-23)19(32)28-16(10-30)22(35)36/h12-17,30,37H,3-11,23-25H2,1-2H3,(H,26,33)(H,27,34)(H,28,32)(H,29,31)(H,35,36)/t13-,14-,15-,16-,17-/m0/s1. The van der Waals surface area contributed by atoms with Gasteiger partial charge in [-0.3, -0.25) is 19.2 Å². The molecule has 214 valence electrons. The number of carbonyl (C=O) groups excluding carboxylic acids is 4. The monoisotopic (exact) mass is 549 g/mol. The molecule has 0 saturated carbocycles. The first-order chi connectivity index (χ1) is 17.4. The van der Waals surface area contributed by atoms with Crippen molar-refractivity contribution in [2.75, 3.05) is 25.4 Å². The smallest absolute Gasteiger partial charge is 0.328 e. The minimum Gasteiger partial charge on any atom is -0.480 e. The predicted octanol–water partition coefficient (Wildman–Crippen LogP) is -3.22. The summed E-state index contributed by atoms with van der Waals surface area (Å²) in [5, 5.41) is 28.2. The van der Waals surface area contributed by atoms with Gasteiger partial charge in [0.15, 0.2) is 0 Å². The maximum absolute atomic E-state index is 13.1. The van der Waals surface area contributed by atoms with E-state index in [0.29, 0.717) is 19.4 Å². The van der Waals surface area contributed by atoms with E-state index in [-0.39, 0.29) is 37.5 Å². The highest BCUT2D eigenvalue weighted by atomic mass is 32.1. The van der Waals surface area contributed by atoms with Crippen molar-refractivity contribution in [1.29, 1.82) is 0 Å². The van der Waals surface area contributed by atoms with Crippen LogP contribution in [0.1, 0.15) is 46.0 Å². The minimum absolute atomic E-state index is 0.0339. The fraction of sp³-hybridized carbons (Fsp3) is 0.773. The second-order valence-electron chi connectivity index (χ2n) is 9.05. The van der Waals surface area contributed by atoms with E-state index in [9.17, 15) is 29.1 Å². The first-order valence-electron chi connectivity index (χ1n) is 12.2. The maximum atomic E-state index is 13.1. The SMILES string of the molecule is CC(C)C[C@H](NC(=O)[C@H](CS)NC(=O)[C@@H](N)CCN)C(=O)N[C@@H](CCCCN)C(=O)N[C@@H](CO)C(=O)O. The van der Waals surface area contributed by atoms with Gasteiger partial charge < -0.3 is 48.7 Å². The van der Waals surface area contributed by atoms with Crippen LogP contribution in [0.15, 0.2) is 0 Å². The van der Waals surface area contributed by atoms with Crippen molar-refractivity contribution in [2.24, 2.45) is 23.1 Å². The van der Waals surface area contributed by atoms with Crippen molar-refractivity contribution >= 4 is 42.2 Å². The molecule has 0 bridgehead atoms. The molecule has 0 aromatic carbocycles. The van der Waals surface area contributed by atoms with Crippen LogP contribution in [0, 0.1) is 5.92 Å². The highest BCUT2D eigenvalue weighted by molar-refractivity contribution is 7.80. The zero-order valence-corrected chi connectivity index (χ0v) is 22.3. The van der Waals surface area contributed by atoms with Gasteiger partial charge in [-0.15, -0.1) is 0 Å². The number of carboxylic acid groups (broad SMARTS) is 1. The van der Waals surface area contributed by atoms with E-state index < -0.39 is 66.4 Å². The molecule has 0 aromatic rings. The first-order valence-corrected chi connectivity index (χ1v) is 12.9. The molecule has 0 saturated heterocycles. The molecule has 5 atom stereocenters. The van der Waals surface area contributed by atoms with Crippen LogP contribution < -0.4 is 38.5 Å². The largest absolute Gasteiger partial charge is 0.480 e. The first kappa shape index (κ1) is 34.5. The third-order valence-electron chi connectivity index (χ3n) is 5.35. The molecule has 0 aliphatic heterocycles. The Morgan fingerprint density at radius 2 is 1.27 bits per heavy atom. The highest BCUT2D eigenvalue weighted by Crippen LogP contribution is 2.08. The number of nitrogens with two attached hydrogens (primary N) is 3. The summed E-state index contributed by atoms with van der Waals surface area (Å²) in [4.78, 5) is 62.1. The molecule has 0 heterocycles. The van der Waals surface area contributed by atoms with E-state index in [1.54, 1.807) is 0 Å². The molecule has 0 aliphatic rings. The summed E-state index contributed by atoms with van der Waals surface area (Å²) in [6.07, 6.45) is 1.61. The molecule has 12 N–H and O–H groups in total. The van der Waals surface area contributed by atoms with Crippen molar-refractivity contribution in [3.63, 3.8) is 0 Å². The molecule has 0 rings (SSSR count). The van der Waals surface area contributed by atoms with Gasteiger partial charge in [0.25, 0.3) is 0 Å². The van der Waals surface area contributed by atoms with Gasteiger partial charge in [0.05, 0.1) is 12.6 Å². The summed E-state index contributed by atoms with van der Waals surface area (Å²) in [7, 11) is 0. The van der Waals surface area contributed by atoms with Crippen LogP contribution in [-0.4, -0.2) is 95.5 Å². The number of carboxylic acids is 1. The summed E-state index contributed by atoms with van der Waals surface area (Å²) < 4.78 is 0. The lowest BCUT2D eigenvalue weighted by Crippen LogP contribution is -2.59. The van der Waals surface area contributed by atoms with Crippen LogP contribution in [0.3, 0.4) is 0 Å². The number of rotatable bonds is 19.